The molecule has 0 aromatic rings. The van der Waals surface area contributed by atoms with Gasteiger partial charge in [-0.05, 0) is 24.7 Å². The summed E-state index contributed by atoms with van der Waals surface area (Å²) < 4.78 is 5.45. The van der Waals surface area contributed by atoms with Crippen LogP contribution in [-0.4, -0.2) is 29.9 Å². The Balaban J connectivity index is 1.88. The number of carbonyl (C=O) groups excluding carboxylic acids is 3. The predicted molar refractivity (Wildman–Crippen MR) is 71.4 cm³/mol. The van der Waals surface area contributed by atoms with E-state index in [2.05, 4.69) is 5.32 Å². The van der Waals surface area contributed by atoms with Crippen molar-refractivity contribution in [3.8, 4) is 0 Å². The molecule has 1 atom stereocenters. The molecule has 2 amide bonds. The van der Waals surface area contributed by atoms with Gasteiger partial charge in [-0.2, -0.15) is 0 Å². The number of hydrogen-bond acceptors (Lipinski definition) is 4. The van der Waals surface area contributed by atoms with Crippen LogP contribution >= 0.6 is 0 Å². The van der Waals surface area contributed by atoms with Crippen LogP contribution in [0.15, 0.2) is 0 Å². The number of ether oxygens (including phenoxy) is 1. The van der Waals surface area contributed by atoms with Gasteiger partial charge in [0, 0.05) is 12.3 Å². The van der Waals surface area contributed by atoms with E-state index in [1.807, 2.05) is 13.8 Å². The third-order valence-electron chi connectivity index (χ3n) is 4.36. The molecule has 1 saturated carbocycles. The smallest absolute Gasteiger partial charge is 0.225 e. The second-order valence-electron chi connectivity index (χ2n) is 6.40. The summed E-state index contributed by atoms with van der Waals surface area (Å²) in [4.78, 5) is 34.5. The number of primary amides is 1. The summed E-state index contributed by atoms with van der Waals surface area (Å²) in [5, 5.41) is 2.87. The number of ketones is 1. The number of nitrogens with two attached hydrogens (primary N) is 1. The molecule has 0 aromatic heterocycles. The lowest BCUT2D eigenvalue weighted by molar-refractivity contribution is -0.143. The van der Waals surface area contributed by atoms with E-state index in [1.165, 1.54) is 0 Å². The number of amides is 2. The molecule has 1 aliphatic heterocycles. The maximum Gasteiger partial charge on any atom is 0.225 e. The SMILES string of the molecule is CC[C@@]1(NC(=O)[C@H]2C[C@](C)(CC(N)=O)C2)CC(=O)CO1. The zero-order valence-corrected chi connectivity index (χ0v) is 12.0. The van der Waals surface area contributed by atoms with Gasteiger partial charge >= 0.3 is 0 Å². The van der Waals surface area contributed by atoms with Crippen LogP contribution in [0.3, 0.4) is 0 Å². The fraction of sp³-hybridized carbons (Fsp3) is 0.786. The number of hydrogen-bond donors (Lipinski definition) is 2. The van der Waals surface area contributed by atoms with E-state index in [4.69, 9.17) is 10.5 Å². The fourth-order valence-electron chi connectivity index (χ4n) is 3.24. The molecule has 0 spiro atoms. The Labute approximate surface area is 118 Å². The van der Waals surface area contributed by atoms with Gasteiger partial charge < -0.3 is 15.8 Å². The molecule has 1 aliphatic carbocycles. The minimum Gasteiger partial charge on any atom is -0.370 e. The molecule has 6 heteroatoms. The largest absolute Gasteiger partial charge is 0.370 e. The summed E-state index contributed by atoms with van der Waals surface area (Å²) in [7, 11) is 0. The Morgan fingerprint density at radius 3 is 2.55 bits per heavy atom. The first-order chi connectivity index (χ1) is 9.27. The van der Waals surface area contributed by atoms with E-state index in [1.54, 1.807) is 0 Å². The second-order valence-corrected chi connectivity index (χ2v) is 6.40. The van der Waals surface area contributed by atoms with E-state index in [9.17, 15) is 14.4 Å². The zero-order chi connectivity index (χ0) is 15.0. The van der Waals surface area contributed by atoms with E-state index >= 15 is 0 Å². The molecule has 112 valence electrons. The van der Waals surface area contributed by atoms with Gasteiger partial charge in [-0.15, -0.1) is 0 Å². The van der Waals surface area contributed by atoms with Gasteiger partial charge in [0.05, 0.1) is 6.42 Å². The molecule has 3 N–H and O–H groups in total. The summed E-state index contributed by atoms with van der Waals surface area (Å²) in [5.41, 5.74) is 4.21. The van der Waals surface area contributed by atoms with Crippen molar-refractivity contribution in [2.45, 2.75) is 51.7 Å². The van der Waals surface area contributed by atoms with Crippen LogP contribution in [0.4, 0.5) is 0 Å². The molecule has 0 bridgehead atoms. The zero-order valence-electron chi connectivity index (χ0n) is 12.0. The molecule has 1 saturated heterocycles. The van der Waals surface area contributed by atoms with Crippen molar-refractivity contribution < 1.29 is 19.1 Å². The summed E-state index contributed by atoms with van der Waals surface area (Å²) in [6.45, 7) is 3.92. The molecule has 2 fully saturated rings. The highest BCUT2D eigenvalue weighted by Gasteiger charge is 2.47. The van der Waals surface area contributed by atoms with E-state index < -0.39 is 5.72 Å². The van der Waals surface area contributed by atoms with Crippen molar-refractivity contribution in [3.63, 3.8) is 0 Å². The summed E-state index contributed by atoms with van der Waals surface area (Å²) in [5.74, 6) is -0.536. The Morgan fingerprint density at radius 1 is 1.45 bits per heavy atom. The summed E-state index contributed by atoms with van der Waals surface area (Å²) >= 11 is 0. The minimum atomic E-state index is -0.830. The highest BCUT2D eigenvalue weighted by molar-refractivity contribution is 5.86. The molecule has 0 aromatic carbocycles. The van der Waals surface area contributed by atoms with Crippen molar-refractivity contribution in [1.29, 1.82) is 0 Å². The number of carbonyl (C=O) groups is 3. The fourth-order valence-corrected chi connectivity index (χ4v) is 3.24. The Hall–Kier alpha value is -1.43. The summed E-state index contributed by atoms with van der Waals surface area (Å²) in [6, 6.07) is 0. The van der Waals surface area contributed by atoms with Gasteiger partial charge in [-0.3, -0.25) is 14.4 Å². The second kappa shape index (κ2) is 5.16. The van der Waals surface area contributed by atoms with Gasteiger partial charge in [-0.1, -0.05) is 13.8 Å². The Bertz CT molecular complexity index is 442. The average molecular weight is 282 g/mol. The van der Waals surface area contributed by atoms with E-state index in [0.717, 1.165) is 0 Å². The van der Waals surface area contributed by atoms with Crippen molar-refractivity contribution in [2.24, 2.45) is 17.1 Å². The maximum absolute atomic E-state index is 12.2. The van der Waals surface area contributed by atoms with Crippen LogP contribution in [0.1, 0.15) is 46.0 Å². The lowest BCUT2D eigenvalue weighted by Gasteiger charge is -2.44. The van der Waals surface area contributed by atoms with Gasteiger partial charge in [0.15, 0.2) is 5.78 Å². The summed E-state index contributed by atoms with van der Waals surface area (Å²) in [6.07, 6.45) is 2.41. The molecule has 0 unspecified atom stereocenters. The maximum atomic E-state index is 12.2. The lowest BCUT2D eigenvalue weighted by atomic mass is 9.61. The van der Waals surface area contributed by atoms with Crippen molar-refractivity contribution in [3.05, 3.63) is 0 Å². The molecular formula is C14H22N2O4. The number of Topliss-reactive ketones (excluding diaryl/α,β-unsaturated/α-hetero) is 1. The van der Waals surface area contributed by atoms with E-state index in [0.29, 0.717) is 25.7 Å². The standard InChI is InChI=1S/C14H22N2O4/c1-3-14(6-10(17)8-20-14)16-12(19)9-4-13(2,5-9)7-11(15)18/h9H,3-8H2,1-2H3,(H2,15,18)(H,16,19)/t9-,13-,14-/m0/s1. The van der Waals surface area contributed by atoms with Crippen LogP contribution in [-0.2, 0) is 19.1 Å². The Kier molecular flexibility index (Phi) is 3.86. The van der Waals surface area contributed by atoms with Crippen LogP contribution in [0.25, 0.3) is 0 Å². The third kappa shape index (κ3) is 3.00. The van der Waals surface area contributed by atoms with Gasteiger partial charge in [0.1, 0.15) is 12.3 Å². The average Bonchev–Trinajstić information content (AvgIpc) is 2.67. The first-order valence-electron chi connectivity index (χ1n) is 7.03. The lowest BCUT2D eigenvalue weighted by Crippen LogP contribution is -2.53. The van der Waals surface area contributed by atoms with Gasteiger partial charge in [0.2, 0.25) is 11.8 Å². The van der Waals surface area contributed by atoms with Crippen LogP contribution in [0.2, 0.25) is 0 Å². The van der Waals surface area contributed by atoms with Crippen molar-refractivity contribution in [2.75, 3.05) is 6.61 Å². The molecule has 2 rings (SSSR count). The number of rotatable bonds is 5. The topological polar surface area (TPSA) is 98.5 Å². The molecule has 20 heavy (non-hydrogen) atoms. The molecule has 6 nitrogen and oxygen atoms in total. The van der Waals surface area contributed by atoms with Gasteiger partial charge in [-0.25, -0.2) is 0 Å². The molecule has 2 aliphatic rings. The van der Waals surface area contributed by atoms with Crippen LogP contribution in [0.5, 0.6) is 0 Å². The van der Waals surface area contributed by atoms with E-state index in [-0.39, 0.29) is 42.0 Å². The molecular weight excluding hydrogens is 260 g/mol. The first-order valence-corrected chi connectivity index (χ1v) is 7.03. The number of nitrogens with one attached hydrogen (secondary N) is 1. The normalized spacial score (nSPS) is 36.5. The Morgan fingerprint density at radius 2 is 2.10 bits per heavy atom. The predicted octanol–water partition coefficient (Wildman–Crippen LogP) is 0.490. The monoisotopic (exact) mass is 282 g/mol. The van der Waals surface area contributed by atoms with Crippen LogP contribution in [0, 0.1) is 11.3 Å². The van der Waals surface area contributed by atoms with Crippen molar-refractivity contribution in [1.82, 2.24) is 5.32 Å². The quantitative estimate of drug-likeness (QED) is 0.766. The highest BCUT2D eigenvalue weighted by atomic mass is 16.5. The minimum absolute atomic E-state index is 0.0133. The van der Waals surface area contributed by atoms with Crippen molar-refractivity contribution >= 4 is 17.6 Å². The van der Waals surface area contributed by atoms with Gasteiger partial charge in [0.25, 0.3) is 0 Å². The van der Waals surface area contributed by atoms with Crippen LogP contribution < -0.4 is 11.1 Å². The first kappa shape index (κ1) is 15.0. The third-order valence-corrected chi connectivity index (χ3v) is 4.36. The molecule has 0 radical (unpaired) electrons. The highest BCUT2D eigenvalue weighted by Crippen LogP contribution is 2.48. The molecule has 1 heterocycles.